The number of rotatable bonds is 6. The summed E-state index contributed by atoms with van der Waals surface area (Å²) in [5.74, 6) is 0. The molecule has 0 amide bonds. The Bertz CT molecular complexity index is 1790. The summed E-state index contributed by atoms with van der Waals surface area (Å²) in [5, 5.41) is -0.154. The van der Waals surface area contributed by atoms with Gasteiger partial charge in [0.2, 0.25) is 0 Å². The van der Waals surface area contributed by atoms with Crippen molar-refractivity contribution in [3.8, 4) is 0 Å². The summed E-state index contributed by atoms with van der Waals surface area (Å²) in [6, 6.07) is -16.4. The van der Waals surface area contributed by atoms with Crippen molar-refractivity contribution in [3.63, 3.8) is 0 Å². The van der Waals surface area contributed by atoms with E-state index in [1.54, 1.807) is 0 Å². The fraction of sp³-hybridized carbons (Fsp3) is 0.304. The van der Waals surface area contributed by atoms with Gasteiger partial charge in [0.25, 0.3) is 0 Å². The van der Waals surface area contributed by atoms with E-state index >= 15 is 0 Å². The van der Waals surface area contributed by atoms with Crippen molar-refractivity contribution < 1.29 is 40.6 Å². The Morgan fingerprint density at radius 2 is 1.96 bits per heavy atom. The molecule has 0 heterocycles. The minimum atomic E-state index is -5.59. The summed E-state index contributed by atoms with van der Waals surface area (Å²) in [6.45, 7) is -6.99. The van der Waals surface area contributed by atoms with Crippen LogP contribution in [0.4, 0.5) is 13.2 Å². The van der Waals surface area contributed by atoms with E-state index in [2.05, 4.69) is 0 Å². The zero-order valence-electron chi connectivity index (χ0n) is 33.6. The molecule has 1 nitrogen and oxygen atoms in total. The van der Waals surface area contributed by atoms with Crippen molar-refractivity contribution in [2.24, 2.45) is 0 Å². The third-order valence-corrected chi connectivity index (χ3v) is 3.16. The number of fused-ring (bicyclic) bond motifs is 1. The molecule has 3 aromatic carbocycles. The molecule has 0 spiro atoms. The van der Waals surface area contributed by atoms with Crippen LogP contribution >= 0.6 is 0 Å². The second-order valence-corrected chi connectivity index (χ2v) is 5.12. The number of alkyl halides is 3. The Labute approximate surface area is 186 Å². The minimum absolute atomic E-state index is 0.223. The first-order valence-electron chi connectivity index (χ1n) is 17.3. The molecule has 0 aromatic heterocycles. The van der Waals surface area contributed by atoms with Crippen LogP contribution in [0.2, 0.25) is 0 Å². The van der Waals surface area contributed by atoms with Crippen LogP contribution in [0.5, 0.6) is 0 Å². The van der Waals surface area contributed by atoms with Gasteiger partial charge in [-0.25, -0.2) is 0 Å². The van der Waals surface area contributed by atoms with Gasteiger partial charge in [-0.3, -0.25) is 0 Å². The molecule has 0 saturated carbocycles. The van der Waals surface area contributed by atoms with E-state index in [1.165, 1.54) is 12.2 Å². The first-order valence-corrected chi connectivity index (χ1v) is 7.32. The second-order valence-electron chi connectivity index (χ2n) is 5.12. The Hall–Kier alpha value is -2.33. The number of benzene rings is 3. The van der Waals surface area contributed by atoms with Gasteiger partial charge in [0, 0.05) is 18.4 Å². The molecule has 1 N–H and O–H groups in total. The Balaban J connectivity index is 2.46. The maximum absolute atomic E-state index is 13.7. The van der Waals surface area contributed by atoms with E-state index < -0.39 is 126 Å². The van der Waals surface area contributed by atoms with Crippen molar-refractivity contribution >= 4 is 10.8 Å². The number of halogens is 3. The average Bonchev–Trinajstić information content (AvgIpc) is 2.90. The van der Waals surface area contributed by atoms with Crippen LogP contribution in [0.3, 0.4) is 0 Å². The van der Waals surface area contributed by atoms with Crippen LogP contribution in [0, 0.1) is 6.92 Å². The van der Waals surface area contributed by atoms with Gasteiger partial charge >= 0.3 is 6.18 Å². The summed E-state index contributed by atoms with van der Waals surface area (Å²) in [4.78, 5) is 0. The molecule has 0 radical (unpaired) electrons. The monoisotopic (exact) mass is 391 g/mol. The minimum Gasteiger partial charge on any atom is -0.310 e. The van der Waals surface area contributed by atoms with Crippen molar-refractivity contribution in [3.05, 3.63) is 82.7 Å². The van der Waals surface area contributed by atoms with Crippen molar-refractivity contribution in [2.75, 3.05) is 6.50 Å². The molecule has 0 saturated heterocycles. The quantitative estimate of drug-likeness (QED) is 0.509. The number of hydrogen-bond donors (Lipinski definition) is 1. The topological polar surface area (TPSA) is 12.0 Å². The molecule has 4 heteroatoms. The van der Waals surface area contributed by atoms with E-state index in [0.29, 0.717) is 0 Å². The summed E-state index contributed by atoms with van der Waals surface area (Å²) in [6.07, 6.45) is -14.2. The predicted octanol–water partition coefficient (Wildman–Crippen LogP) is 6.45. The molecule has 3 aromatic rings. The maximum atomic E-state index is 13.7. The summed E-state index contributed by atoms with van der Waals surface area (Å²) in [5.41, 5.74) is -5.58. The van der Waals surface area contributed by atoms with Crippen LogP contribution in [0.25, 0.3) is 10.8 Å². The molecule has 3 rings (SSSR count). The first-order chi connectivity index (χ1) is 20.8. The molecular formula is C23H24F3N. The van der Waals surface area contributed by atoms with E-state index in [1.807, 2.05) is 0 Å². The number of nitrogens with one attached hydrogen (secondary N) is 1. The molecule has 1 atom stereocenters. The van der Waals surface area contributed by atoms with Crippen LogP contribution in [0.15, 0.2) is 60.4 Å². The fourth-order valence-electron chi connectivity index (χ4n) is 1.99. The highest BCUT2D eigenvalue weighted by Gasteiger charge is 2.30. The Kier molecular flexibility index (Phi) is 1.91. The van der Waals surface area contributed by atoms with E-state index in [-0.39, 0.29) is 5.56 Å². The van der Waals surface area contributed by atoms with Crippen LogP contribution in [-0.4, -0.2) is 6.50 Å². The lowest BCUT2D eigenvalue weighted by molar-refractivity contribution is -0.137. The second kappa shape index (κ2) is 8.13. The Morgan fingerprint density at radius 3 is 2.74 bits per heavy atom. The van der Waals surface area contributed by atoms with E-state index in [4.69, 9.17) is 27.4 Å². The highest BCUT2D eigenvalue weighted by molar-refractivity contribution is 5.86. The zero-order valence-corrected chi connectivity index (χ0v) is 13.6. The molecular weight excluding hydrogens is 347 g/mol. The standard InChI is InChI=1S/C23H24F3N/c1-16-11-12-22-19(14-16)8-4-10-21(22)17(2)27-13-5-7-18-6-3-9-20(15-18)23(24,25)26/h3-4,6,8-12,14-15,17,27H,5,7,13H2,1-2H3/t17-/m1/s1/i2D3,3D,4D,5D2,6D,7D2,8D,9D,10D,11D,12D,13D2,14D,15D,17D. The summed E-state index contributed by atoms with van der Waals surface area (Å²) < 4.78 is 206. The largest absolute Gasteiger partial charge is 0.416 e. The first kappa shape index (κ1) is 6.35. The molecule has 0 aliphatic heterocycles. The van der Waals surface area contributed by atoms with Gasteiger partial charge in [0.1, 0.15) is 0 Å². The molecule has 0 aliphatic carbocycles. The van der Waals surface area contributed by atoms with Crippen molar-refractivity contribution in [1.82, 2.24) is 5.32 Å². The molecule has 0 fully saturated rings. The molecule has 0 aliphatic rings. The van der Waals surface area contributed by atoms with Crippen LogP contribution in [0.1, 0.15) is 68.9 Å². The van der Waals surface area contributed by atoms with Gasteiger partial charge in [-0.2, -0.15) is 13.2 Å². The lowest BCUT2D eigenvalue weighted by atomic mass is 9.98. The van der Waals surface area contributed by atoms with Crippen molar-refractivity contribution in [2.45, 2.75) is 38.7 Å². The molecule has 27 heavy (non-hydrogen) atoms. The summed E-state index contributed by atoms with van der Waals surface area (Å²) in [7, 11) is 0. The lowest BCUT2D eigenvalue weighted by Crippen LogP contribution is -2.20. The normalized spacial score (nSPS) is 27.0. The smallest absolute Gasteiger partial charge is 0.310 e. The third-order valence-electron chi connectivity index (χ3n) is 3.16. The average molecular weight is 392 g/mol. The fourth-order valence-corrected chi connectivity index (χ4v) is 1.99. The van der Waals surface area contributed by atoms with Crippen LogP contribution in [-0.2, 0) is 12.5 Å². The molecule has 142 valence electrons. The SMILES string of the molecule is [2H]c1c([2H])c(C(F)(F)F)c([2H])c(C([2H])([2H])C([2H])([2H])C([2H])([2H])N[C@@]([2H])(c2c([2H])c([2H])c([2H])c3c([2H])c(C)c([2H])c([2H])c23)C([2H])([2H])[2H])c1[2H]. The molecule has 0 unspecified atom stereocenters. The maximum Gasteiger partial charge on any atom is 0.416 e. The van der Waals surface area contributed by atoms with Gasteiger partial charge in [0.05, 0.1) is 20.6 Å². The zero-order chi connectivity index (χ0) is 36.9. The highest BCUT2D eigenvalue weighted by Crippen LogP contribution is 2.30. The van der Waals surface area contributed by atoms with Gasteiger partial charge in [-0.15, -0.1) is 0 Å². The van der Waals surface area contributed by atoms with Gasteiger partial charge in [-0.05, 0) is 61.0 Å². The highest BCUT2D eigenvalue weighted by atomic mass is 19.4. The Morgan fingerprint density at radius 1 is 1.15 bits per heavy atom. The van der Waals surface area contributed by atoms with Gasteiger partial charge in [-0.1, -0.05) is 59.9 Å². The van der Waals surface area contributed by atoms with E-state index in [9.17, 15) is 13.2 Å². The molecule has 0 bridgehead atoms. The number of hydrogen-bond acceptors (Lipinski definition) is 1. The van der Waals surface area contributed by atoms with Gasteiger partial charge < -0.3 is 5.32 Å². The summed E-state index contributed by atoms with van der Waals surface area (Å²) >= 11 is 0. The van der Waals surface area contributed by atoms with Crippen molar-refractivity contribution in [1.29, 1.82) is 0 Å². The van der Waals surface area contributed by atoms with E-state index in [0.717, 1.165) is 0 Å². The van der Waals surface area contributed by atoms with Gasteiger partial charge in [0.15, 0.2) is 0 Å². The lowest BCUT2D eigenvalue weighted by Gasteiger charge is -2.17. The third kappa shape index (κ3) is 4.89. The predicted molar refractivity (Wildman–Crippen MR) is 105 cm³/mol. The van der Waals surface area contributed by atoms with Crippen LogP contribution < -0.4 is 5.32 Å².